The average Bonchev–Trinajstić information content (AvgIpc) is 2.83. The highest BCUT2D eigenvalue weighted by Crippen LogP contribution is 2.22. The van der Waals surface area contributed by atoms with E-state index >= 15 is 0 Å². The minimum Gasteiger partial charge on any atom is -0.375 e. The molecular formula is C14H22N4. The molecule has 1 heterocycles. The molecule has 0 amide bonds. The van der Waals surface area contributed by atoms with Crippen molar-refractivity contribution in [1.82, 2.24) is 9.97 Å². The van der Waals surface area contributed by atoms with Crippen LogP contribution in [0.15, 0.2) is 24.5 Å². The van der Waals surface area contributed by atoms with Crippen molar-refractivity contribution in [2.45, 2.75) is 20.3 Å². The molecule has 0 bridgehead atoms. The first-order valence-corrected chi connectivity index (χ1v) is 6.36. The van der Waals surface area contributed by atoms with Gasteiger partial charge in [-0.3, -0.25) is 0 Å². The van der Waals surface area contributed by atoms with Gasteiger partial charge in [0.05, 0.1) is 17.4 Å². The van der Waals surface area contributed by atoms with Gasteiger partial charge in [0.2, 0.25) is 0 Å². The summed E-state index contributed by atoms with van der Waals surface area (Å²) in [5.41, 5.74) is 9.26. The number of aromatic amines is 1. The Morgan fingerprint density at radius 1 is 1.39 bits per heavy atom. The standard InChI is InChI=1S/C14H22N4/c1-14(2,9-15)6-7-18(3)11-4-5-12-13(8-11)17-10-16-12/h4-5,8,10H,6-7,9,15H2,1-3H3,(H,16,17). The van der Waals surface area contributed by atoms with Gasteiger partial charge in [-0.05, 0) is 36.6 Å². The predicted octanol–water partition coefficient (Wildman–Crippen LogP) is 2.37. The van der Waals surface area contributed by atoms with Crippen LogP contribution in [0, 0.1) is 5.41 Å². The summed E-state index contributed by atoms with van der Waals surface area (Å²) >= 11 is 0. The molecule has 98 valence electrons. The molecular weight excluding hydrogens is 224 g/mol. The molecule has 0 aliphatic carbocycles. The van der Waals surface area contributed by atoms with E-state index in [4.69, 9.17) is 5.73 Å². The van der Waals surface area contributed by atoms with Crippen LogP contribution in [0.1, 0.15) is 20.3 Å². The van der Waals surface area contributed by atoms with Crippen LogP contribution in [0.4, 0.5) is 5.69 Å². The third kappa shape index (κ3) is 2.82. The molecule has 1 aromatic heterocycles. The lowest BCUT2D eigenvalue weighted by atomic mass is 9.89. The number of nitrogens with zero attached hydrogens (tertiary/aromatic N) is 2. The van der Waals surface area contributed by atoms with Crippen molar-refractivity contribution in [3.63, 3.8) is 0 Å². The molecule has 2 rings (SSSR count). The highest BCUT2D eigenvalue weighted by Gasteiger charge is 2.16. The number of anilines is 1. The molecule has 0 unspecified atom stereocenters. The van der Waals surface area contributed by atoms with Crippen LogP contribution >= 0.6 is 0 Å². The number of nitrogens with one attached hydrogen (secondary N) is 1. The smallest absolute Gasteiger partial charge is 0.0931 e. The van der Waals surface area contributed by atoms with E-state index in [1.54, 1.807) is 6.33 Å². The van der Waals surface area contributed by atoms with Crippen molar-refractivity contribution < 1.29 is 0 Å². The second-order valence-corrected chi connectivity index (χ2v) is 5.64. The SMILES string of the molecule is CN(CCC(C)(C)CN)c1ccc2nc[nH]c2c1. The van der Waals surface area contributed by atoms with Gasteiger partial charge in [0.1, 0.15) is 0 Å². The van der Waals surface area contributed by atoms with E-state index in [9.17, 15) is 0 Å². The Balaban J connectivity index is 2.06. The molecule has 18 heavy (non-hydrogen) atoms. The zero-order valence-corrected chi connectivity index (χ0v) is 11.4. The van der Waals surface area contributed by atoms with Gasteiger partial charge in [-0.15, -0.1) is 0 Å². The van der Waals surface area contributed by atoms with Crippen molar-refractivity contribution in [3.05, 3.63) is 24.5 Å². The van der Waals surface area contributed by atoms with E-state index in [-0.39, 0.29) is 5.41 Å². The first-order chi connectivity index (χ1) is 8.52. The molecule has 0 saturated carbocycles. The summed E-state index contributed by atoms with van der Waals surface area (Å²) in [5, 5.41) is 0. The van der Waals surface area contributed by atoms with Crippen molar-refractivity contribution in [2.24, 2.45) is 11.1 Å². The molecule has 0 radical (unpaired) electrons. The summed E-state index contributed by atoms with van der Waals surface area (Å²) in [6.07, 6.45) is 2.81. The molecule has 0 saturated heterocycles. The lowest BCUT2D eigenvalue weighted by Crippen LogP contribution is -2.29. The molecule has 1 aromatic carbocycles. The van der Waals surface area contributed by atoms with E-state index in [2.05, 4.69) is 47.9 Å². The Bertz CT molecular complexity index is 515. The Morgan fingerprint density at radius 2 is 2.17 bits per heavy atom. The molecule has 3 N–H and O–H groups in total. The predicted molar refractivity (Wildman–Crippen MR) is 76.8 cm³/mol. The van der Waals surface area contributed by atoms with Gasteiger partial charge in [0.15, 0.2) is 0 Å². The quantitative estimate of drug-likeness (QED) is 0.851. The van der Waals surface area contributed by atoms with Crippen molar-refractivity contribution in [1.29, 1.82) is 0 Å². The van der Waals surface area contributed by atoms with Crippen LogP contribution in [0.5, 0.6) is 0 Å². The average molecular weight is 246 g/mol. The van der Waals surface area contributed by atoms with E-state index in [0.29, 0.717) is 0 Å². The number of imidazole rings is 1. The minimum absolute atomic E-state index is 0.201. The van der Waals surface area contributed by atoms with Crippen LogP contribution in [0.2, 0.25) is 0 Å². The number of aromatic nitrogens is 2. The number of benzene rings is 1. The summed E-state index contributed by atoms with van der Waals surface area (Å²) in [4.78, 5) is 9.63. The van der Waals surface area contributed by atoms with Crippen molar-refractivity contribution >= 4 is 16.7 Å². The summed E-state index contributed by atoms with van der Waals surface area (Å²) in [6.45, 7) is 6.14. The van der Waals surface area contributed by atoms with Gasteiger partial charge >= 0.3 is 0 Å². The highest BCUT2D eigenvalue weighted by molar-refractivity contribution is 5.78. The fourth-order valence-electron chi connectivity index (χ4n) is 1.86. The number of nitrogens with two attached hydrogens (primary N) is 1. The third-order valence-electron chi connectivity index (χ3n) is 3.52. The lowest BCUT2D eigenvalue weighted by Gasteiger charge is -2.27. The maximum absolute atomic E-state index is 5.76. The Morgan fingerprint density at radius 3 is 2.89 bits per heavy atom. The zero-order chi connectivity index (χ0) is 13.2. The fraction of sp³-hybridized carbons (Fsp3) is 0.500. The van der Waals surface area contributed by atoms with Crippen LogP contribution in [-0.4, -0.2) is 30.1 Å². The van der Waals surface area contributed by atoms with Crippen LogP contribution in [0.25, 0.3) is 11.0 Å². The molecule has 0 aliphatic heterocycles. The van der Waals surface area contributed by atoms with E-state index < -0.39 is 0 Å². The van der Waals surface area contributed by atoms with Crippen LogP contribution in [0.3, 0.4) is 0 Å². The second-order valence-electron chi connectivity index (χ2n) is 5.64. The number of H-pyrrole nitrogens is 1. The molecule has 0 aliphatic rings. The van der Waals surface area contributed by atoms with Gasteiger partial charge in [-0.25, -0.2) is 4.98 Å². The first-order valence-electron chi connectivity index (χ1n) is 6.36. The Labute approximate surface area is 108 Å². The monoisotopic (exact) mass is 246 g/mol. The molecule has 4 heteroatoms. The van der Waals surface area contributed by atoms with Crippen molar-refractivity contribution in [3.8, 4) is 0 Å². The van der Waals surface area contributed by atoms with Gasteiger partial charge < -0.3 is 15.6 Å². The molecule has 2 aromatic rings. The molecule has 0 fully saturated rings. The third-order valence-corrected chi connectivity index (χ3v) is 3.52. The summed E-state index contributed by atoms with van der Waals surface area (Å²) in [7, 11) is 2.12. The second kappa shape index (κ2) is 4.98. The normalized spacial score (nSPS) is 12.0. The fourth-order valence-corrected chi connectivity index (χ4v) is 1.86. The van der Waals surface area contributed by atoms with E-state index in [1.807, 2.05) is 6.07 Å². The minimum atomic E-state index is 0.201. The highest BCUT2D eigenvalue weighted by atomic mass is 15.1. The first kappa shape index (κ1) is 12.9. The Hall–Kier alpha value is -1.55. The summed E-state index contributed by atoms with van der Waals surface area (Å²) in [5.74, 6) is 0. The molecule has 4 nitrogen and oxygen atoms in total. The number of fused-ring (bicyclic) bond motifs is 1. The maximum atomic E-state index is 5.76. The van der Waals surface area contributed by atoms with Gasteiger partial charge in [-0.2, -0.15) is 0 Å². The van der Waals surface area contributed by atoms with Crippen LogP contribution < -0.4 is 10.6 Å². The maximum Gasteiger partial charge on any atom is 0.0931 e. The van der Waals surface area contributed by atoms with Gasteiger partial charge in [0, 0.05) is 19.3 Å². The van der Waals surface area contributed by atoms with Crippen LogP contribution in [-0.2, 0) is 0 Å². The number of hydrogen-bond acceptors (Lipinski definition) is 3. The van der Waals surface area contributed by atoms with Crippen molar-refractivity contribution in [2.75, 3.05) is 25.0 Å². The van der Waals surface area contributed by atoms with E-state index in [1.165, 1.54) is 5.69 Å². The topological polar surface area (TPSA) is 57.9 Å². The lowest BCUT2D eigenvalue weighted by molar-refractivity contribution is 0.351. The Kier molecular flexibility index (Phi) is 3.57. The zero-order valence-electron chi connectivity index (χ0n) is 11.4. The summed E-state index contributed by atoms with van der Waals surface area (Å²) < 4.78 is 0. The number of hydrogen-bond donors (Lipinski definition) is 2. The number of rotatable bonds is 5. The molecule has 0 atom stereocenters. The molecule has 0 spiro atoms. The largest absolute Gasteiger partial charge is 0.375 e. The van der Waals surface area contributed by atoms with Gasteiger partial charge in [0.25, 0.3) is 0 Å². The van der Waals surface area contributed by atoms with Gasteiger partial charge in [-0.1, -0.05) is 13.8 Å². The van der Waals surface area contributed by atoms with E-state index in [0.717, 1.165) is 30.5 Å². The summed E-state index contributed by atoms with van der Waals surface area (Å²) in [6, 6.07) is 6.29.